The van der Waals surface area contributed by atoms with Gasteiger partial charge in [-0.2, -0.15) is 0 Å². The van der Waals surface area contributed by atoms with Gasteiger partial charge in [0.2, 0.25) is 15.9 Å². The van der Waals surface area contributed by atoms with Crippen molar-refractivity contribution in [2.24, 2.45) is 5.14 Å². The summed E-state index contributed by atoms with van der Waals surface area (Å²) in [6.07, 6.45) is 0.577. The second-order valence-corrected chi connectivity index (χ2v) is 7.22. The highest BCUT2D eigenvalue weighted by atomic mass is 32.2. The molecular weight excluding hydrogens is 344 g/mol. The molecule has 0 aliphatic carbocycles. The van der Waals surface area contributed by atoms with E-state index in [4.69, 9.17) is 14.6 Å². The van der Waals surface area contributed by atoms with E-state index in [9.17, 15) is 13.2 Å². The van der Waals surface area contributed by atoms with Crippen LogP contribution in [0.4, 0.5) is 5.69 Å². The zero-order valence-corrected chi connectivity index (χ0v) is 14.2. The van der Waals surface area contributed by atoms with Crippen LogP contribution in [-0.2, 0) is 14.8 Å². The van der Waals surface area contributed by atoms with Gasteiger partial charge in [-0.05, 0) is 42.8 Å². The number of benzene rings is 2. The van der Waals surface area contributed by atoms with Crippen LogP contribution in [0.3, 0.4) is 0 Å². The van der Waals surface area contributed by atoms with E-state index < -0.39 is 10.0 Å². The first-order chi connectivity index (χ1) is 11.9. The van der Waals surface area contributed by atoms with Crippen molar-refractivity contribution < 1.29 is 22.7 Å². The van der Waals surface area contributed by atoms with Crippen LogP contribution in [0, 0.1) is 0 Å². The van der Waals surface area contributed by atoms with Gasteiger partial charge >= 0.3 is 0 Å². The first-order valence-electron chi connectivity index (χ1n) is 7.73. The number of hydrogen-bond donors (Lipinski definition) is 2. The van der Waals surface area contributed by atoms with E-state index in [0.29, 0.717) is 30.2 Å². The molecular formula is C17H18N2O5S. The molecule has 7 nitrogen and oxygen atoms in total. The predicted octanol–water partition coefficient (Wildman–Crippen LogP) is 1.89. The lowest BCUT2D eigenvalue weighted by molar-refractivity contribution is -0.116. The lowest BCUT2D eigenvalue weighted by Gasteiger charge is -2.26. The lowest BCUT2D eigenvalue weighted by atomic mass is 10.1. The first-order valence-corrected chi connectivity index (χ1v) is 9.27. The van der Waals surface area contributed by atoms with Gasteiger partial charge in [-0.3, -0.25) is 4.79 Å². The first kappa shape index (κ1) is 17.2. The van der Waals surface area contributed by atoms with E-state index in [0.717, 1.165) is 0 Å². The molecule has 25 heavy (non-hydrogen) atoms. The Balaban J connectivity index is 1.50. The van der Waals surface area contributed by atoms with Crippen molar-refractivity contribution in [2.45, 2.75) is 23.8 Å². The molecule has 3 rings (SSSR count). The minimum atomic E-state index is -3.74. The van der Waals surface area contributed by atoms with E-state index in [-0.39, 0.29) is 23.3 Å². The van der Waals surface area contributed by atoms with Gasteiger partial charge in [-0.25, -0.2) is 13.6 Å². The number of para-hydroxylation sites is 2. The molecule has 0 spiro atoms. The third-order valence-corrected chi connectivity index (χ3v) is 4.66. The second kappa shape index (κ2) is 7.12. The van der Waals surface area contributed by atoms with Gasteiger partial charge in [-0.15, -0.1) is 0 Å². The fourth-order valence-corrected chi connectivity index (χ4v) is 2.96. The molecule has 2 aromatic carbocycles. The zero-order valence-electron chi connectivity index (χ0n) is 13.3. The number of rotatable bonds is 5. The summed E-state index contributed by atoms with van der Waals surface area (Å²) < 4.78 is 33.8. The number of primary sulfonamides is 1. The average Bonchev–Trinajstić information content (AvgIpc) is 2.59. The van der Waals surface area contributed by atoms with Crippen LogP contribution < -0.4 is 19.9 Å². The number of amides is 1. The second-order valence-electron chi connectivity index (χ2n) is 5.65. The van der Waals surface area contributed by atoms with Crippen molar-refractivity contribution in [3.63, 3.8) is 0 Å². The summed E-state index contributed by atoms with van der Waals surface area (Å²) in [5, 5.41) is 7.74. The lowest BCUT2D eigenvalue weighted by Crippen LogP contribution is -2.30. The summed E-state index contributed by atoms with van der Waals surface area (Å²) in [7, 11) is -3.74. The molecule has 1 atom stereocenters. The summed E-state index contributed by atoms with van der Waals surface area (Å²) in [5.74, 6) is 1.20. The molecule has 0 bridgehead atoms. The van der Waals surface area contributed by atoms with Crippen molar-refractivity contribution >= 4 is 21.6 Å². The maximum atomic E-state index is 12.0. The molecule has 2 aromatic rings. The molecule has 3 N–H and O–H groups in total. The van der Waals surface area contributed by atoms with Crippen LogP contribution in [0.1, 0.15) is 12.8 Å². The zero-order chi connectivity index (χ0) is 17.9. The molecule has 8 heteroatoms. The van der Waals surface area contributed by atoms with Crippen molar-refractivity contribution in [2.75, 3.05) is 11.9 Å². The fourth-order valence-electron chi connectivity index (χ4n) is 2.45. The monoisotopic (exact) mass is 362 g/mol. The summed E-state index contributed by atoms with van der Waals surface area (Å²) in [6.45, 7) is 0.396. The van der Waals surface area contributed by atoms with Crippen molar-refractivity contribution in [3.05, 3.63) is 48.5 Å². The molecule has 0 radical (unpaired) electrons. The average molecular weight is 362 g/mol. The third kappa shape index (κ3) is 4.49. The van der Waals surface area contributed by atoms with Gasteiger partial charge in [0.15, 0.2) is 11.5 Å². The van der Waals surface area contributed by atoms with Crippen LogP contribution in [-0.4, -0.2) is 27.0 Å². The number of nitrogens with two attached hydrogens (primary N) is 1. The van der Waals surface area contributed by atoms with Gasteiger partial charge < -0.3 is 14.8 Å². The van der Waals surface area contributed by atoms with Gasteiger partial charge in [0.1, 0.15) is 12.7 Å². The predicted molar refractivity (Wildman–Crippen MR) is 92.0 cm³/mol. The molecule has 0 aromatic heterocycles. The smallest absolute Gasteiger partial charge is 0.238 e. The minimum absolute atomic E-state index is 0.00285. The van der Waals surface area contributed by atoms with Crippen LogP contribution in [0.2, 0.25) is 0 Å². The Morgan fingerprint density at radius 2 is 1.80 bits per heavy atom. The Bertz CT molecular complexity index is 865. The van der Waals surface area contributed by atoms with E-state index in [2.05, 4.69) is 5.32 Å². The molecule has 132 valence electrons. The van der Waals surface area contributed by atoms with Crippen molar-refractivity contribution in [1.29, 1.82) is 0 Å². The van der Waals surface area contributed by atoms with Crippen LogP contribution in [0.25, 0.3) is 0 Å². The summed E-state index contributed by atoms with van der Waals surface area (Å²) in [4.78, 5) is 12.0. The highest BCUT2D eigenvalue weighted by Crippen LogP contribution is 2.31. The van der Waals surface area contributed by atoms with Crippen LogP contribution in [0.15, 0.2) is 53.4 Å². The third-order valence-electron chi connectivity index (χ3n) is 3.73. The van der Waals surface area contributed by atoms with E-state index in [1.807, 2.05) is 24.3 Å². The minimum Gasteiger partial charge on any atom is -0.486 e. The van der Waals surface area contributed by atoms with E-state index in [1.54, 1.807) is 0 Å². The van der Waals surface area contributed by atoms with Crippen LogP contribution >= 0.6 is 0 Å². The molecule has 0 unspecified atom stereocenters. The molecule has 1 aliphatic rings. The number of sulfonamides is 1. The Labute approximate surface area is 145 Å². The van der Waals surface area contributed by atoms with Gasteiger partial charge in [0.05, 0.1) is 4.90 Å². The van der Waals surface area contributed by atoms with Crippen LogP contribution in [0.5, 0.6) is 11.5 Å². The Morgan fingerprint density at radius 3 is 2.48 bits per heavy atom. The fraction of sp³-hybridized carbons (Fsp3) is 0.235. The quantitative estimate of drug-likeness (QED) is 0.844. The number of hydrogen-bond acceptors (Lipinski definition) is 5. The van der Waals surface area contributed by atoms with E-state index in [1.165, 1.54) is 24.3 Å². The maximum absolute atomic E-state index is 12.0. The van der Waals surface area contributed by atoms with Gasteiger partial charge in [-0.1, -0.05) is 12.1 Å². The normalized spacial score (nSPS) is 16.3. The van der Waals surface area contributed by atoms with Gasteiger partial charge in [0, 0.05) is 12.1 Å². The SMILES string of the molecule is NS(=O)(=O)c1ccc(NC(=O)CC[C@H]2COc3ccccc3O2)cc1. The molecule has 1 aliphatic heterocycles. The summed E-state index contributed by atoms with van der Waals surface area (Å²) in [6, 6.07) is 13.1. The topological polar surface area (TPSA) is 108 Å². The number of fused-ring (bicyclic) bond motifs is 1. The number of carbonyl (C=O) groups is 1. The van der Waals surface area contributed by atoms with Gasteiger partial charge in [0.25, 0.3) is 0 Å². The number of ether oxygens (including phenoxy) is 2. The number of anilines is 1. The largest absolute Gasteiger partial charge is 0.486 e. The highest BCUT2D eigenvalue weighted by molar-refractivity contribution is 7.89. The maximum Gasteiger partial charge on any atom is 0.238 e. The Kier molecular flexibility index (Phi) is 4.91. The molecule has 1 heterocycles. The molecule has 0 saturated heterocycles. The standard InChI is InChI=1S/C17H18N2O5S/c18-25(21,22)14-8-5-12(6-9-14)19-17(20)10-7-13-11-23-15-3-1-2-4-16(15)24-13/h1-6,8-9,13H,7,10-11H2,(H,19,20)(H2,18,21,22)/t13-/m0/s1. The highest BCUT2D eigenvalue weighted by Gasteiger charge is 2.21. The molecule has 1 amide bonds. The summed E-state index contributed by atoms with van der Waals surface area (Å²) in [5.41, 5.74) is 0.503. The van der Waals surface area contributed by atoms with Crippen molar-refractivity contribution in [1.82, 2.24) is 0 Å². The van der Waals surface area contributed by atoms with E-state index >= 15 is 0 Å². The van der Waals surface area contributed by atoms with Crippen molar-refractivity contribution in [3.8, 4) is 11.5 Å². The molecule has 0 saturated carbocycles. The number of carbonyl (C=O) groups excluding carboxylic acids is 1. The Morgan fingerprint density at radius 1 is 1.12 bits per heavy atom. The molecule has 0 fully saturated rings. The summed E-state index contributed by atoms with van der Waals surface area (Å²) >= 11 is 0. The number of nitrogens with one attached hydrogen (secondary N) is 1. The Hall–Kier alpha value is -2.58.